The Morgan fingerprint density at radius 1 is 1.27 bits per heavy atom. The second-order valence-electron chi connectivity index (χ2n) is 6.45. The summed E-state index contributed by atoms with van der Waals surface area (Å²) in [6, 6.07) is 9.63. The van der Waals surface area contributed by atoms with Crippen molar-refractivity contribution in [2.75, 3.05) is 6.54 Å². The van der Waals surface area contributed by atoms with E-state index in [1.807, 2.05) is 56.6 Å². The third-order valence-corrected chi connectivity index (χ3v) is 3.36. The van der Waals surface area contributed by atoms with Crippen molar-refractivity contribution in [3.05, 3.63) is 52.8 Å². The predicted octanol–water partition coefficient (Wildman–Crippen LogP) is 2.02. The van der Waals surface area contributed by atoms with Crippen LogP contribution in [-0.2, 0) is 6.54 Å². The first-order chi connectivity index (χ1) is 10.2. The summed E-state index contributed by atoms with van der Waals surface area (Å²) in [7, 11) is 0. The van der Waals surface area contributed by atoms with E-state index in [0.717, 1.165) is 17.0 Å². The molecule has 5 nitrogen and oxygen atoms in total. The number of amides is 1. The highest BCUT2D eigenvalue weighted by Crippen LogP contribution is 2.09. The van der Waals surface area contributed by atoms with E-state index < -0.39 is 5.54 Å². The van der Waals surface area contributed by atoms with Crippen LogP contribution < -0.4 is 11.1 Å². The third kappa shape index (κ3) is 4.43. The molecule has 0 unspecified atom stereocenters. The fourth-order valence-electron chi connectivity index (χ4n) is 2.18. The third-order valence-electron chi connectivity index (χ3n) is 3.36. The lowest BCUT2D eigenvalue weighted by Crippen LogP contribution is -2.45. The van der Waals surface area contributed by atoms with Crippen LogP contribution in [0.2, 0.25) is 0 Å². The highest BCUT2D eigenvalue weighted by Gasteiger charge is 2.13. The van der Waals surface area contributed by atoms with E-state index in [2.05, 4.69) is 16.5 Å². The van der Waals surface area contributed by atoms with Crippen molar-refractivity contribution < 1.29 is 4.79 Å². The molecule has 0 fully saturated rings. The summed E-state index contributed by atoms with van der Waals surface area (Å²) >= 11 is 0. The average molecular weight is 300 g/mol. The minimum atomic E-state index is -0.412. The average Bonchev–Trinajstić information content (AvgIpc) is 2.74. The molecule has 1 amide bonds. The first-order valence-corrected chi connectivity index (χ1v) is 7.42. The summed E-state index contributed by atoms with van der Waals surface area (Å²) < 4.78 is 1.96. The monoisotopic (exact) mass is 300 g/mol. The van der Waals surface area contributed by atoms with Crippen molar-refractivity contribution in [3.63, 3.8) is 0 Å². The molecule has 0 saturated carbocycles. The predicted molar refractivity (Wildman–Crippen MR) is 87.8 cm³/mol. The molecule has 0 radical (unpaired) electrons. The normalized spacial score (nSPS) is 11.5. The van der Waals surface area contributed by atoms with Gasteiger partial charge in [0.1, 0.15) is 0 Å². The quantitative estimate of drug-likeness (QED) is 0.887. The van der Waals surface area contributed by atoms with Crippen molar-refractivity contribution in [1.29, 1.82) is 0 Å². The first kappa shape index (κ1) is 16.2. The Labute approximate surface area is 131 Å². The first-order valence-electron chi connectivity index (χ1n) is 7.42. The Balaban J connectivity index is 2.01. The number of carbonyl (C=O) groups excluding carboxylic acids is 1. The molecule has 0 bridgehead atoms. The zero-order valence-corrected chi connectivity index (χ0v) is 13.7. The van der Waals surface area contributed by atoms with Gasteiger partial charge in [0, 0.05) is 23.3 Å². The van der Waals surface area contributed by atoms with Crippen LogP contribution in [0.5, 0.6) is 0 Å². The Kier molecular flexibility index (Phi) is 4.66. The van der Waals surface area contributed by atoms with E-state index in [4.69, 9.17) is 5.73 Å². The molecule has 0 aliphatic heterocycles. The van der Waals surface area contributed by atoms with Gasteiger partial charge in [0.05, 0.1) is 12.2 Å². The van der Waals surface area contributed by atoms with E-state index in [1.165, 1.54) is 0 Å². The zero-order chi connectivity index (χ0) is 16.3. The molecule has 0 atom stereocenters. The Bertz CT molecular complexity index is 650. The summed E-state index contributed by atoms with van der Waals surface area (Å²) in [6.07, 6.45) is 0. The molecule has 0 saturated heterocycles. The lowest BCUT2D eigenvalue weighted by molar-refractivity contribution is 0.0946. The van der Waals surface area contributed by atoms with Gasteiger partial charge < -0.3 is 11.1 Å². The molecule has 5 heteroatoms. The molecular weight excluding hydrogens is 276 g/mol. The number of nitrogens with zero attached hydrogens (tertiary/aromatic N) is 2. The maximum absolute atomic E-state index is 12.0. The summed E-state index contributed by atoms with van der Waals surface area (Å²) in [5.74, 6) is -0.101. The molecule has 2 rings (SSSR count). The standard InChI is InChI=1S/C17H24N4O/c1-12-9-13(2)21(20-12)10-14-5-7-15(8-6-14)16(22)19-11-17(3,4)18/h5-9H,10-11,18H2,1-4H3,(H,19,22). The number of hydrogen-bond donors (Lipinski definition) is 2. The number of hydrogen-bond acceptors (Lipinski definition) is 3. The number of aromatic nitrogens is 2. The zero-order valence-electron chi connectivity index (χ0n) is 13.7. The van der Waals surface area contributed by atoms with Gasteiger partial charge in [0.2, 0.25) is 0 Å². The number of nitrogens with two attached hydrogens (primary N) is 1. The molecule has 22 heavy (non-hydrogen) atoms. The largest absolute Gasteiger partial charge is 0.350 e. The highest BCUT2D eigenvalue weighted by molar-refractivity contribution is 5.94. The number of carbonyl (C=O) groups is 1. The summed E-state index contributed by atoms with van der Waals surface area (Å²) in [5, 5.41) is 7.28. The second-order valence-corrected chi connectivity index (χ2v) is 6.45. The van der Waals surface area contributed by atoms with Crippen molar-refractivity contribution in [2.24, 2.45) is 5.73 Å². The van der Waals surface area contributed by atoms with Crippen molar-refractivity contribution in [1.82, 2.24) is 15.1 Å². The maximum Gasteiger partial charge on any atom is 0.251 e. The molecule has 0 aliphatic rings. The molecule has 1 aromatic heterocycles. The molecule has 0 aliphatic carbocycles. The Morgan fingerprint density at radius 3 is 2.41 bits per heavy atom. The Hall–Kier alpha value is -2.14. The van der Waals surface area contributed by atoms with Crippen LogP contribution in [0.3, 0.4) is 0 Å². The van der Waals surface area contributed by atoms with Crippen molar-refractivity contribution in [3.8, 4) is 0 Å². The van der Waals surface area contributed by atoms with Crippen molar-refractivity contribution >= 4 is 5.91 Å². The summed E-state index contributed by atoms with van der Waals surface area (Å²) in [4.78, 5) is 12.0. The fraction of sp³-hybridized carbons (Fsp3) is 0.412. The number of aryl methyl sites for hydroxylation is 2. The van der Waals surface area contributed by atoms with Crippen LogP contribution >= 0.6 is 0 Å². The molecule has 1 aromatic carbocycles. The number of rotatable bonds is 5. The lowest BCUT2D eigenvalue weighted by Gasteiger charge is -2.18. The molecule has 118 valence electrons. The Morgan fingerprint density at radius 2 is 1.91 bits per heavy atom. The van der Waals surface area contributed by atoms with Gasteiger partial charge in [-0.25, -0.2) is 0 Å². The van der Waals surface area contributed by atoms with Gasteiger partial charge in [0.15, 0.2) is 0 Å². The van der Waals surface area contributed by atoms with Crippen LogP contribution in [-0.4, -0.2) is 27.8 Å². The summed E-state index contributed by atoms with van der Waals surface area (Å²) in [5.41, 5.74) is 9.35. The van der Waals surface area contributed by atoms with E-state index >= 15 is 0 Å². The fourth-order valence-corrected chi connectivity index (χ4v) is 2.18. The second kappa shape index (κ2) is 6.32. The molecular formula is C17H24N4O. The minimum absolute atomic E-state index is 0.101. The van der Waals surface area contributed by atoms with Crippen LogP contribution in [0.25, 0.3) is 0 Å². The lowest BCUT2D eigenvalue weighted by atomic mass is 10.1. The summed E-state index contributed by atoms with van der Waals surface area (Å²) in [6.45, 7) is 8.93. The maximum atomic E-state index is 12.0. The number of nitrogens with one attached hydrogen (secondary N) is 1. The van der Waals surface area contributed by atoms with E-state index in [9.17, 15) is 4.79 Å². The molecule has 0 spiro atoms. The van der Waals surface area contributed by atoms with Gasteiger partial charge in [-0.3, -0.25) is 9.48 Å². The van der Waals surface area contributed by atoms with Gasteiger partial charge >= 0.3 is 0 Å². The van der Waals surface area contributed by atoms with Crippen LogP contribution in [0.15, 0.2) is 30.3 Å². The van der Waals surface area contributed by atoms with Gasteiger partial charge in [-0.05, 0) is 51.5 Å². The topological polar surface area (TPSA) is 72.9 Å². The molecule has 2 aromatic rings. The molecule has 3 N–H and O–H groups in total. The van der Waals surface area contributed by atoms with Gasteiger partial charge in [0.25, 0.3) is 5.91 Å². The molecule has 1 heterocycles. The highest BCUT2D eigenvalue weighted by atomic mass is 16.1. The van der Waals surface area contributed by atoms with Gasteiger partial charge in [-0.2, -0.15) is 5.10 Å². The SMILES string of the molecule is Cc1cc(C)n(Cc2ccc(C(=O)NCC(C)(C)N)cc2)n1. The van der Waals surface area contributed by atoms with Crippen LogP contribution in [0.4, 0.5) is 0 Å². The van der Waals surface area contributed by atoms with Gasteiger partial charge in [-0.1, -0.05) is 12.1 Å². The van der Waals surface area contributed by atoms with Crippen LogP contribution in [0, 0.1) is 13.8 Å². The van der Waals surface area contributed by atoms with E-state index in [1.54, 1.807) is 0 Å². The van der Waals surface area contributed by atoms with Gasteiger partial charge in [-0.15, -0.1) is 0 Å². The number of benzene rings is 1. The van der Waals surface area contributed by atoms with E-state index in [-0.39, 0.29) is 5.91 Å². The van der Waals surface area contributed by atoms with Crippen molar-refractivity contribution in [2.45, 2.75) is 39.8 Å². The van der Waals surface area contributed by atoms with Crippen LogP contribution in [0.1, 0.15) is 41.2 Å². The van der Waals surface area contributed by atoms with E-state index in [0.29, 0.717) is 18.7 Å². The minimum Gasteiger partial charge on any atom is -0.350 e. The smallest absolute Gasteiger partial charge is 0.251 e.